The summed E-state index contributed by atoms with van der Waals surface area (Å²) in [6, 6.07) is 9.23. The standard InChI is InChI=1S/C40H52N8O5/c1-23(2)36(39(50)51)34-19-35(46-53-34)52-22-25-8-10-28(11-9-25)47-15-12-26(13-16-47)27-20-43-40(44-21-27)48-17-14-32-37(24(48)3)30(38(42)45-32)18-31(41)29-6-4-5-7-33(29)49/h4-7,18-21,23-26,28,36,45,49H,8-17,22,41-42H2,1-3H3,(H,50,51)/b31-18-. The lowest BCUT2D eigenvalue weighted by atomic mass is 9.83. The first-order valence-corrected chi connectivity index (χ1v) is 19.0. The first-order valence-electron chi connectivity index (χ1n) is 19.0. The maximum Gasteiger partial charge on any atom is 0.314 e. The van der Waals surface area contributed by atoms with Gasteiger partial charge in [-0.15, -0.1) is 0 Å². The predicted molar refractivity (Wildman–Crippen MR) is 203 cm³/mol. The molecule has 2 unspecified atom stereocenters. The Morgan fingerprint density at radius 2 is 1.81 bits per heavy atom. The van der Waals surface area contributed by atoms with Gasteiger partial charge >= 0.3 is 5.97 Å². The number of carboxylic acids is 1. The smallest absolute Gasteiger partial charge is 0.314 e. The average molecular weight is 725 g/mol. The van der Waals surface area contributed by atoms with Crippen molar-refractivity contribution in [2.45, 2.75) is 89.6 Å². The number of nitrogens with one attached hydrogen (secondary N) is 1. The highest BCUT2D eigenvalue weighted by atomic mass is 16.5. The molecule has 0 bridgehead atoms. The molecule has 1 saturated carbocycles. The number of anilines is 2. The fraction of sp³-hybridized carbons (Fsp3) is 0.500. The molecule has 2 fully saturated rings. The van der Waals surface area contributed by atoms with E-state index in [4.69, 9.17) is 30.7 Å². The number of hydrogen-bond donors (Lipinski definition) is 5. The third-order valence-electron chi connectivity index (χ3n) is 11.7. The van der Waals surface area contributed by atoms with Crippen molar-refractivity contribution in [2.75, 3.05) is 36.9 Å². The van der Waals surface area contributed by atoms with Crippen LogP contribution in [0.25, 0.3) is 11.8 Å². The zero-order chi connectivity index (χ0) is 37.2. The van der Waals surface area contributed by atoms with Crippen LogP contribution in [-0.2, 0) is 11.2 Å². The summed E-state index contributed by atoms with van der Waals surface area (Å²) in [7, 11) is 0. The number of aromatic amines is 1. The average Bonchev–Trinajstić information content (AvgIpc) is 3.74. The number of nitrogens with zero attached hydrogens (tertiary/aromatic N) is 5. The molecule has 2 atom stereocenters. The number of likely N-dealkylation sites (tertiary alicyclic amines) is 1. The van der Waals surface area contributed by atoms with Crippen LogP contribution < -0.4 is 21.1 Å². The van der Waals surface area contributed by atoms with E-state index in [1.807, 2.05) is 38.4 Å². The summed E-state index contributed by atoms with van der Waals surface area (Å²) in [6.45, 7) is 9.34. The summed E-state index contributed by atoms with van der Waals surface area (Å²) in [5.41, 5.74) is 18.1. The van der Waals surface area contributed by atoms with Gasteiger partial charge in [0.1, 0.15) is 17.5 Å². The van der Waals surface area contributed by atoms with Crippen LogP contribution >= 0.6 is 0 Å². The number of aromatic hydroxyl groups is 1. The van der Waals surface area contributed by atoms with Crippen LogP contribution in [0.15, 0.2) is 47.2 Å². The van der Waals surface area contributed by atoms with Gasteiger partial charge in [-0.25, -0.2) is 9.97 Å². The number of benzene rings is 1. The zero-order valence-corrected chi connectivity index (χ0v) is 30.9. The van der Waals surface area contributed by atoms with Crippen molar-refractivity contribution in [1.82, 2.24) is 25.0 Å². The molecule has 4 aromatic rings. The molecule has 7 rings (SSSR count). The monoisotopic (exact) mass is 724 g/mol. The van der Waals surface area contributed by atoms with E-state index in [0.717, 1.165) is 81.4 Å². The Balaban J connectivity index is 0.899. The molecule has 1 aromatic carbocycles. The second-order valence-corrected chi connectivity index (χ2v) is 15.3. The number of phenols is 1. The number of H-pyrrole nitrogens is 1. The fourth-order valence-corrected chi connectivity index (χ4v) is 8.63. The minimum absolute atomic E-state index is 0.0251. The van der Waals surface area contributed by atoms with E-state index in [-0.39, 0.29) is 17.7 Å². The van der Waals surface area contributed by atoms with E-state index in [9.17, 15) is 15.0 Å². The number of para-hydroxylation sites is 1. The van der Waals surface area contributed by atoms with E-state index in [2.05, 4.69) is 26.9 Å². The molecule has 0 spiro atoms. The van der Waals surface area contributed by atoms with Crippen LogP contribution in [-0.4, -0.2) is 73.5 Å². The van der Waals surface area contributed by atoms with Crippen molar-refractivity contribution in [3.8, 4) is 11.6 Å². The number of ether oxygens (including phenoxy) is 1. The molecule has 2 aliphatic heterocycles. The van der Waals surface area contributed by atoms with E-state index in [1.165, 1.54) is 5.56 Å². The number of fused-ring (bicyclic) bond motifs is 1. The van der Waals surface area contributed by atoms with Gasteiger partial charge in [0.15, 0.2) is 5.76 Å². The number of hydrogen-bond acceptors (Lipinski definition) is 11. The Morgan fingerprint density at radius 3 is 2.49 bits per heavy atom. The molecule has 282 valence electrons. The highest BCUT2D eigenvalue weighted by Crippen LogP contribution is 2.39. The maximum absolute atomic E-state index is 11.6. The van der Waals surface area contributed by atoms with Gasteiger partial charge in [-0.1, -0.05) is 26.0 Å². The number of aliphatic carboxylic acids is 1. The van der Waals surface area contributed by atoms with Crippen molar-refractivity contribution >= 4 is 29.5 Å². The second kappa shape index (κ2) is 15.5. The van der Waals surface area contributed by atoms with E-state index in [0.29, 0.717) is 59.2 Å². The molecule has 13 heteroatoms. The molecule has 13 nitrogen and oxygen atoms in total. The van der Waals surface area contributed by atoms with Gasteiger partial charge in [-0.2, -0.15) is 0 Å². The van der Waals surface area contributed by atoms with Crippen LogP contribution in [0.4, 0.5) is 11.8 Å². The Kier molecular flexibility index (Phi) is 10.6. The van der Waals surface area contributed by atoms with Crippen LogP contribution in [0.3, 0.4) is 0 Å². The third kappa shape index (κ3) is 7.71. The molecule has 3 aliphatic rings. The van der Waals surface area contributed by atoms with Gasteiger partial charge in [-0.05, 0) is 105 Å². The quantitative estimate of drug-likeness (QED) is 0.116. The van der Waals surface area contributed by atoms with Crippen molar-refractivity contribution in [1.29, 1.82) is 0 Å². The summed E-state index contributed by atoms with van der Waals surface area (Å²) >= 11 is 0. The number of nitrogen functional groups attached to an aromatic ring is 1. The van der Waals surface area contributed by atoms with Crippen LogP contribution in [0.5, 0.6) is 11.6 Å². The van der Waals surface area contributed by atoms with Crippen molar-refractivity contribution in [2.24, 2.45) is 17.6 Å². The van der Waals surface area contributed by atoms with Gasteiger partial charge in [0.25, 0.3) is 5.88 Å². The zero-order valence-electron chi connectivity index (χ0n) is 30.9. The largest absolute Gasteiger partial charge is 0.507 e. The van der Waals surface area contributed by atoms with E-state index < -0.39 is 11.9 Å². The summed E-state index contributed by atoms with van der Waals surface area (Å²) < 4.78 is 11.3. The fourth-order valence-electron chi connectivity index (χ4n) is 8.63. The lowest BCUT2D eigenvalue weighted by Gasteiger charge is -2.40. The van der Waals surface area contributed by atoms with Crippen molar-refractivity contribution < 1.29 is 24.3 Å². The first kappa shape index (κ1) is 36.3. The maximum atomic E-state index is 11.6. The summed E-state index contributed by atoms with van der Waals surface area (Å²) in [4.78, 5) is 29.6. The number of piperidine rings is 1. The van der Waals surface area contributed by atoms with Crippen LogP contribution in [0.2, 0.25) is 0 Å². The topological polar surface area (TPSA) is 193 Å². The predicted octanol–water partition coefficient (Wildman–Crippen LogP) is 6.30. The van der Waals surface area contributed by atoms with E-state index >= 15 is 0 Å². The molecule has 5 heterocycles. The molecule has 1 saturated heterocycles. The summed E-state index contributed by atoms with van der Waals surface area (Å²) in [6.07, 6.45) is 13.3. The number of aromatic nitrogens is 4. The molecule has 1 aliphatic carbocycles. The third-order valence-corrected chi connectivity index (χ3v) is 11.7. The van der Waals surface area contributed by atoms with Gasteiger partial charge in [0.05, 0.1) is 12.6 Å². The Morgan fingerprint density at radius 1 is 1.09 bits per heavy atom. The minimum Gasteiger partial charge on any atom is -0.507 e. The minimum atomic E-state index is -0.916. The number of rotatable bonds is 11. The Labute approximate surface area is 310 Å². The van der Waals surface area contributed by atoms with Gasteiger partial charge < -0.3 is 45.7 Å². The first-order chi connectivity index (χ1) is 25.6. The molecule has 3 aromatic heterocycles. The molecule has 7 N–H and O–H groups in total. The Hall–Kier alpha value is -5.04. The van der Waals surface area contributed by atoms with E-state index in [1.54, 1.807) is 24.3 Å². The summed E-state index contributed by atoms with van der Waals surface area (Å²) in [5.74, 6) is 1.25. The molecule has 53 heavy (non-hydrogen) atoms. The lowest BCUT2D eigenvalue weighted by molar-refractivity contribution is -0.140. The summed E-state index contributed by atoms with van der Waals surface area (Å²) in [5, 5.41) is 23.8. The molecule has 0 radical (unpaired) electrons. The molecular weight excluding hydrogens is 672 g/mol. The second-order valence-electron chi connectivity index (χ2n) is 15.3. The lowest BCUT2D eigenvalue weighted by Crippen LogP contribution is -2.43. The number of nitrogens with two attached hydrogens (primary N) is 2. The van der Waals surface area contributed by atoms with Crippen molar-refractivity contribution in [3.63, 3.8) is 0 Å². The highest BCUT2D eigenvalue weighted by molar-refractivity contribution is 5.86. The van der Waals surface area contributed by atoms with Crippen LogP contribution in [0, 0.1) is 11.8 Å². The number of phenolic OH excluding ortho intramolecular Hbond substituents is 1. The SMILES string of the molecule is CC(C)C(C(=O)O)c1cc(OCC2CCC(N3CCC(c4cnc(N5CCc6[nH]c(N)c(/C=C(\N)c7ccccc7O)c6C5C)nc4)CC3)CC2)no1. The van der Waals surface area contributed by atoms with Gasteiger partial charge in [-0.3, -0.25) is 4.79 Å². The molecule has 0 amide bonds. The van der Waals surface area contributed by atoms with Crippen LogP contribution in [0.1, 0.15) is 111 Å². The number of carbonyl (C=O) groups is 1. The normalized spacial score (nSPS) is 22.2. The number of carboxylic acid groups (broad SMARTS) is 1. The van der Waals surface area contributed by atoms with Gasteiger partial charge in [0.2, 0.25) is 5.95 Å². The van der Waals surface area contributed by atoms with Crippen molar-refractivity contribution in [3.05, 3.63) is 76.4 Å². The van der Waals surface area contributed by atoms with Gasteiger partial charge in [0, 0.05) is 65.5 Å². The molecular formula is C40H52N8O5. The Bertz CT molecular complexity index is 1900. The highest BCUT2D eigenvalue weighted by Gasteiger charge is 2.33.